The first-order valence-corrected chi connectivity index (χ1v) is 11.1. The molecule has 0 aliphatic carbocycles. The van der Waals surface area contributed by atoms with E-state index in [2.05, 4.69) is 26.8 Å². The van der Waals surface area contributed by atoms with Crippen LogP contribution in [0.1, 0.15) is 15.9 Å². The minimum Gasteiger partial charge on any atom is -0.505 e. The van der Waals surface area contributed by atoms with Crippen LogP contribution >= 0.6 is 0 Å². The number of nitrogens with zero attached hydrogens (tertiary/aromatic N) is 5. The first-order valence-electron chi connectivity index (χ1n) is 11.1. The molecule has 0 aliphatic heterocycles. The Hall–Kier alpha value is -5.36. The van der Waals surface area contributed by atoms with E-state index < -0.39 is 5.91 Å². The van der Waals surface area contributed by atoms with Crippen molar-refractivity contribution in [2.45, 2.75) is 0 Å². The van der Waals surface area contributed by atoms with Gasteiger partial charge < -0.3 is 10.4 Å². The van der Waals surface area contributed by atoms with E-state index in [1.54, 1.807) is 65.5 Å². The maximum atomic E-state index is 13.1. The van der Waals surface area contributed by atoms with Crippen LogP contribution in [0.5, 0.6) is 5.75 Å². The van der Waals surface area contributed by atoms with Gasteiger partial charge in [0.25, 0.3) is 5.91 Å². The molecule has 5 aromatic rings. The van der Waals surface area contributed by atoms with Crippen molar-refractivity contribution in [1.29, 1.82) is 5.26 Å². The first-order chi connectivity index (χ1) is 17.6. The van der Waals surface area contributed by atoms with E-state index in [9.17, 15) is 15.2 Å². The van der Waals surface area contributed by atoms with Crippen LogP contribution in [0.2, 0.25) is 0 Å². The van der Waals surface area contributed by atoms with Crippen molar-refractivity contribution in [2.75, 3.05) is 22.8 Å². The van der Waals surface area contributed by atoms with Crippen LogP contribution in [0.15, 0.2) is 91.4 Å². The normalized spacial score (nSPS) is 10.6. The van der Waals surface area contributed by atoms with Crippen LogP contribution in [-0.4, -0.2) is 32.6 Å². The Morgan fingerprint density at radius 2 is 1.75 bits per heavy atom. The second-order valence-corrected chi connectivity index (χ2v) is 7.94. The lowest BCUT2D eigenvalue weighted by Crippen LogP contribution is -2.27. The third-order valence-electron chi connectivity index (χ3n) is 5.65. The number of amides is 1. The van der Waals surface area contributed by atoms with E-state index in [1.807, 2.05) is 42.5 Å². The van der Waals surface area contributed by atoms with Crippen LogP contribution in [-0.2, 0) is 0 Å². The van der Waals surface area contributed by atoms with Crippen molar-refractivity contribution < 1.29 is 9.90 Å². The highest BCUT2D eigenvalue weighted by Crippen LogP contribution is 2.39. The second kappa shape index (κ2) is 9.48. The zero-order chi connectivity index (χ0) is 25.1. The fourth-order valence-corrected chi connectivity index (χ4v) is 3.98. The Labute approximate surface area is 206 Å². The van der Waals surface area contributed by atoms with E-state index in [0.717, 1.165) is 5.39 Å². The number of carbonyl (C=O) groups is 1. The molecule has 0 spiro atoms. The number of hydrogen-bond donors (Lipinski definition) is 3. The number of benzene rings is 3. The number of carbonyl (C=O) groups excluding carboxylic acids is 1. The molecule has 1 amide bonds. The third kappa shape index (κ3) is 4.15. The molecule has 0 saturated carbocycles. The van der Waals surface area contributed by atoms with Crippen molar-refractivity contribution in [2.24, 2.45) is 0 Å². The van der Waals surface area contributed by atoms with Gasteiger partial charge in [-0.2, -0.15) is 5.26 Å². The van der Waals surface area contributed by atoms with Crippen LogP contribution in [0, 0.1) is 11.3 Å². The molecule has 3 aromatic carbocycles. The van der Waals surface area contributed by atoms with Gasteiger partial charge in [-0.25, -0.2) is 9.97 Å². The van der Waals surface area contributed by atoms with Gasteiger partial charge in [0.1, 0.15) is 17.6 Å². The molecule has 2 heterocycles. The summed E-state index contributed by atoms with van der Waals surface area (Å²) in [4.78, 5) is 21.7. The lowest BCUT2D eigenvalue weighted by Gasteiger charge is -2.26. The number of aromatic nitrogens is 3. The number of para-hydroxylation sites is 1. The number of rotatable bonds is 6. The Morgan fingerprint density at radius 1 is 1.03 bits per heavy atom. The average Bonchev–Trinajstić information content (AvgIpc) is 3.31. The predicted octanol–water partition coefficient (Wildman–Crippen LogP) is 4.71. The second-order valence-electron chi connectivity index (χ2n) is 7.94. The molecule has 0 atom stereocenters. The largest absolute Gasteiger partial charge is 0.505 e. The molecule has 0 saturated heterocycles. The fourth-order valence-electron chi connectivity index (χ4n) is 3.98. The topological polar surface area (TPSA) is 119 Å². The summed E-state index contributed by atoms with van der Waals surface area (Å²) in [5, 5.41) is 26.9. The minimum absolute atomic E-state index is 0.114. The summed E-state index contributed by atoms with van der Waals surface area (Å²) in [6, 6.07) is 23.6. The van der Waals surface area contributed by atoms with Crippen LogP contribution in [0.25, 0.3) is 16.7 Å². The molecule has 3 N–H and O–H groups in total. The number of anilines is 3. The summed E-state index contributed by atoms with van der Waals surface area (Å²) in [5.74, 6) is 0.136. The van der Waals surface area contributed by atoms with Crippen molar-refractivity contribution in [1.82, 2.24) is 14.5 Å². The third-order valence-corrected chi connectivity index (χ3v) is 5.65. The van der Waals surface area contributed by atoms with Gasteiger partial charge in [-0.3, -0.25) is 19.8 Å². The molecule has 0 fully saturated rings. The van der Waals surface area contributed by atoms with Gasteiger partial charge in [0, 0.05) is 36.7 Å². The molecule has 0 unspecified atom stereocenters. The zero-order valence-electron chi connectivity index (χ0n) is 19.3. The summed E-state index contributed by atoms with van der Waals surface area (Å²) in [6.45, 7) is 0. The van der Waals surface area contributed by atoms with Crippen molar-refractivity contribution in [3.05, 3.63) is 103 Å². The summed E-state index contributed by atoms with van der Waals surface area (Å²) < 4.78 is 1.64. The van der Waals surface area contributed by atoms with Gasteiger partial charge in [0.15, 0.2) is 5.75 Å². The number of hydrogen-bond acceptors (Lipinski definition) is 7. The molecule has 2 aromatic heterocycles. The van der Waals surface area contributed by atoms with Crippen LogP contribution in [0.4, 0.5) is 17.2 Å². The quantitative estimate of drug-likeness (QED) is 0.304. The zero-order valence-corrected chi connectivity index (χ0v) is 19.3. The standard InChI is InChI=1S/C27H21N7O2/c1-33(32-25-19(17-28)12-15-34(25)27-29-13-7-14-30-27)23-21-11-6-5-8-18(21)16-22(24(23)35)26(36)31-20-9-3-2-4-10-20/h2-16,32,35H,1H3,(H,31,36). The molecule has 0 bridgehead atoms. The van der Waals surface area contributed by atoms with E-state index in [4.69, 9.17) is 0 Å². The first kappa shape index (κ1) is 22.4. The number of nitriles is 1. The van der Waals surface area contributed by atoms with Gasteiger partial charge in [0.2, 0.25) is 5.95 Å². The maximum absolute atomic E-state index is 13.1. The Bertz CT molecular complexity index is 1590. The highest BCUT2D eigenvalue weighted by atomic mass is 16.3. The van der Waals surface area contributed by atoms with Crippen molar-refractivity contribution in [3.8, 4) is 17.8 Å². The lowest BCUT2D eigenvalue weighted by atomic mass is 10.0. The Balaban J connectivity index is 1.58. The monoisotopic (exact) mass is 475 g/mol. The number of nitrogens with one attached hydrogen (secondary N) is 2. The van der Waals surface area contributed by atoms with E-state index in [-0.39, 0.29) is 11.3 Å². The molecule has 36 heavy (non-hydrogen) atoms. The molecule has 0 aliphatic rings. The van der Waals surface area contributed by atoms with Gasteiger partial charge in [-0.1, -0.05) is 42.5 Å². The van der Waals surface area contributed by atoms with Gasteiger partial charge in [-0.15, -0.1) is 0 Å². The number of hydrazine groups is 1. The molecule has 5 rings (SSSR count). The number of aromatic hydroxyl groups is 1. The molecule has 9 heteroatoms. The van der Waals surface area contributed by atoms with Gasteiger partial charge >= 0.3 is 0 Å². The summed E-state index contributed by atoms with van der Waals surface area (Å²) in [7, 11) is 1.70. The molecular formula is C27H21N7O2. The lowest BCUT2D eigenvalue weighted by molar-refractivity contribution is 0.102. The summed E-state index contributed by atoms with van der Waals surface area (Å²) in [5.41, 5.74) is 4.63. The summed E-state index contributed by atoms with van der Waals surface area (Å²) >= 11 is 0. The van der Waals surface area contributed by atoms with Gasteiger partial charge in [0.05, 0.1) is 11.1 Å². The van der Waals surface area contributed by atoms with E-state index >= 15 is 0 Å². The Kier molecular flexibility index (Phi) is 5.91. The average molecular weight is 476 g/mol. The predicted molar refractivity (Wildman–Crippen MR) is 138 cm³/mol. The van der Waals surface area contributed by atoms with E-state index in [1.165, 1.54) is 0 Å². The highest BCUT2D eigenvalue weighted by Gasteiger charge is 2.22. The molecule has 0 radical (unpaired) electrons. The van der Waals surface area contributed by atoms with Crippen molar-refractivity contribution in [3.63, 3.8) is 0 Å². The maximum Gasteiger partial charge on any atom is 0.259 e. The van der Waals surface area contributed by atoms with Crippen LogP contribution in [0.3, 0.4) is 0 Å². The van der Waals surface area contributed by atoms with E-state index in [0.29, 0.717) is 34.1 Å². The molecular weight excluding hydrogens is 454 g/mol. The van der Waals surface area contributed by atoms with Crippen molar-refractivity contribution >= 4 is 33.9 Å². The number of phenolic OH excluding ortho intramolecular Hbond substituents is 1. The smallest absolute Gasteiger partial charge is 0.259 e. The number of fused-ring (bicyclic) bond motifs is 1. The highest BCUT2D eigenvalue weighted by molar-refractivity contribution is 6.12. The van der Waals surface area contributed by atoms with Gasteiger partial charge in [-0.05, 0) is 35.7 Å². The molecule has 9 nitrogen and oxygen atoms in total. The Morgan fingerprint density at radius 3 is 2.50 bits per heavy atom. The number of phenols is 1. The minimum atomic E-state index is -0.446. The van der Waals surface area contributed by atoms with Crippen LogP contribution < -0.4 is 15.8 Å². The SMILES string of the molecule is CN(Nc1c(C#N)ccn1-c1ncccn1)c1c(O)c(C(=O)Nc2ccccc2)cc2ccccc12. The molecule has 176 valence electrons. The fraction of sp³-hybridized carbons (Fsp3) is 0.0370. The summed E-state index contributed by atoms with van der Waals surface area (Å²) in [6.07, 6.45) is 4.90.